The van der Waals surface area contributed by atoms with Gasteiger partial charge in [-0.2, -0.15) is 0 Å². The van der Waals surface area contributed by atoms with Gasteiger partial charge < -0.3 is 4.55 Å². The first-order chi connectivity index (χ1) is 7.50. The molecule has 0 heterocycles. The quantitative estimate of drug-likeness (QED) is 0.529. The minimum absolute atomic E-state index is 0. The molecule has 2 rings (SSSR count). The minimum atomic E-state index is -4.36. The zero-order chi connectivity index (χ0) is 11.8. The summed E-state index contributed by atoms with van der Waals surface area (Å²) in [5, 5.41) is 1.72. The Bertz CT molecular complexity index is 635. The van der Waals surface area contributed by atoms with Crippen molar-refractivity contribution < 1.29 is 42.5 Å². The van der Waals surface area contributed by atoms with Crippen LogP contribution >= 0.6 is 0 Å². The molecular weight excluding hydrogens is 247 g/mol. The third kappa shape index (κ3) is 3.30. The second-order valence-corrected chi connectivity index (χ2v) is 5.03. The van der Waals surface area contributed by atoms with Crippen LogP contribution in [0.5, 0.6) is 0 Å². The number of rotatable bonds is 2. The molecule has 3 nitrogen and oxygen atoms in total. The molecule has 0 aliphatic carbocycles. The topological polar surface area (TPSA) is 57.2 Å². The molecule has 0 amide bonds. The summed E-state index contributed by atoms with van der Waals surface area (Å²) >= 11 is 0. The summed E-state index contributed by atoms with van der Waals surface area (Å²) < 4.78 is 32.6. The first-order valence-corrected chi connectivity index (χ1v) is 6.40. The summed E-state index contributed by atoms with van der Waals surface area (Å²) in [4.78, 5) is -0.173. The van der Waals surface area contributed by atoms with Gasteiger partial charge in [0.05, 0.1) is 4.90 Å². The molecule has 2 aromatic carbocycles. The maximum atomic E-state index is 10.9. The molecule has 0 fully saturated rings. The molecule has 0 N–H and O–H groups in total. The van der Waals surface area contributed by atoms with E-state index in [9.17, 15) is 13.0 Å². The van der Waals surface area contributed by atoms with Crippen LogP contribution in [0.15, 0.2) is 41.3 Å². The van der Waals surface area contributed by atoms with Crippen LogP contribution in [0.3, 0.4) is 0 Å². The van der Waals surface area contributed by atoms with Gasteiger partial charge in [-0.05, 0) is 34.9 Å². The molecule has 0 aliphatic heterocycles. The summed E-state index contributed by atoms with van der Waals surface area (Å²) in [5.74, 6) is 0. The van der Waals surface area contributed by atoms with Crippen molar-refractivity contribution >= 4 is 20.9 Å². The number of hydrogen-bond donors (Lipinski definition) is 0. The van der Waals surface area contributed by atoms with E-state index in [2.05, 4.69) is 0 Å². The Balaban J connectivity index is 0.00000144. The second-order valence-electron chi connectivity index (χ2n) is 3.65. The average Bonchev–Trinajstić information content (AvgIpc) is 2.26. The summed E-state index contributed by atoms with van der Waals surface area (Å²) in [6, 6.07) is 10.2. The normalized spacial score (nSPS) is 11.2. The van der Waals surface area contributed by atoms with E-state index < -0.39 is 10.1 Å². The molecule has 0 radical (unpaired) electrons. The van der Waals surface area contributed by atoms with Crippen LogP contribution in [0.25, 0.3) is 10.8 Å². The molecule has 0 saturated carbocycles. The zero-order valence-electron chi connectivity index (χ0n) is 9.80. The fraction of sp³-hybridized carbons (Fsp3) is 0.167. The van der Waals surface area contributed by atoms with Crippen molar-refractivity contribution in [2.24, 2.45) is 0 Å². The maximum Gasteiger partial charge on any atom is 1.00 e. The minimum Gasteiger partial charge on any atom is -0.744 e. The van der Waals surface area contributed by atoms with Gasteiger partial charge in [-0.1, -0.05) is 31.2 Å². The number of aryl methyl sites for hydroxylation is 1. The van der Waals surface area contributed by atoms with Crippen LogP contribution in [0.1, 0.15) is 12.5 Å². The summed E-state index contributed by atoms with van der Waals surface area (Å²) in [7, 11) is -4.36. The third-order valence-corrected chi connectivity index (χ3v) is 3.40. The van der Waals surface area contributed by atoms with Crippen LogP contribution in [0.4, 0.5) is 0 Å². The van der Waals surface area contributed by atoms with Crippen molar-refractivity contribution in [3.05, 3.63) is 42.0 Å². The van der Waals surface area contributed by atoms with Crippen LogP contribution in [0.2, 0.25) is 0 Å². The SMILES string of the molecule is CCc1ccc2ccc(S(=O)(=O)[O-])cc2c1.[Na+]. The van der Waals surface area contributed by atoms with Gasteiger partial charge in [-0.15, -0.1) is 0 Å². The van der Waals surface area contributed by atoms with Gasteiger partial charge in [-0.25, -0.2) is 8.42 Å². The largest absolute Gasteiger partial charge is 1.00 e. The number of fused-ring (bicyclic) bond motifs is 1. The monoisotopic (exact) mass is 258 g/mol. The Morgan fingerprint density at radius 2 is 1.71 bits per heavy atom. The van der Waals surface area contributed by atoms with E-state index in [1.54, 1.807) is 6.07 Å². The summed E-state index contributed by atoms with van der Waals surface area (Å²) in [6.45, 7) is 2.02. The Hall–Kier alpha value is -0.390. The van der Waals surface area contributed by atoms with Gasteiger partial charge in [0.1, 0.15) is 10.1 Å². The fourth-order valence-electron chi connectivity index (χ4n) is 1.65. The Morgan fingerprint density at radius 3 is 2.29 bits per heavy atom. The van der Waals surface area contributed by atoms with Gasteiger partial charge in [0.25, 0.3) is 0 Å². The van der Waals surface area contributed by atoms with Crippen molar-refractivity contribution in [3.8, 4) is 0 Å². The van der Waals surface area contributed by atoms with E-state index in [1.165, 1.54) is 12.1 Å². The first kappa shape index (κ1) is 14.7. The molecule has 0 aliphatic rings. The molecule has 0 spiro atoms. The van der Waals surface area contributed by atoms with Crippen molar-refractivity contribution in [2.75, 3.05) is 0 Å². The van der Waals surface area contributed by atoms with E-state index in [-0.39, 0.29) is 34.5 Å². The molecule has 17 heavy (non-hydrogen) atoms. The zero-order valence-corrected chi connectivity index (χ0v) is 12.6. The van der Waals surface area contributed by atoms with Gasteiger partial charge >= 0.3 is 29.6 Å². The van der Waals surface area contributed by atoms with E-state index in [0.29, 0.717) is 0 Å². The predicted molar refractivity (Wildman–Crippen MR) is 61.3 cm³/mol. The van der Waals surface area contributed by atoms with E-state index in [4.69, 9.17) is 0 Å². The number of benzene rings is 2. The molecule has 0 saturated heterocycles. The van der Waals surface area contributed by atoms with Crippen molar-refractivity contribution in [1.29, 1.82) is 0 Å². The molecule has 5 heteroatoms. The fourth-order valence-corrected chi connectivity index (χ4v) is 2.16. The van der Waals surface area contributed by atoms with Crippen LogP contribution in [-0.4, -0.2) is 13.0 Å². The van der Waals surface area contributed by atoms with Crippen molar-refractivity contribution in [1.82, 2.24) is 0 Å². The maximum absolute atomic E-state index is 10.9. The third-order valence-electron chi connectivity index (χ3n) is 2.57. The molecule has 2 aromatic rings. The Morgan fingerprint density at radius 1 is 1.06 bits per heavy atom. The van der Waals surface area contributed by atoms with Gasteiger partial charge in [0.2, 0.25) is 0 Å². The van der Waals surface area contributed by atoms with Crippen LogP contribution in [-0.2, 0) is 16.5 Å². The van der Waals surface area contributed by atoms with E-state index in [1.807, 2.05) is 25.1 Å². The van der Waals surface area contributed by atoms with E-state index >= 15 is 0 Å². The first-order valence-electron chi connectivity index (χ1n) is 4.99. The van der Waals surface area contributed by atoms with Gasteiger partial charge in [0, 0.05) is 0 Å². The van der Waals surface area contributed by atoms with Gasteiger partial charge in [-0.3, -0.25) is 0 Å². The molecule has 0 bridgehead atoms. The second kappa shape index (κ2) is 5.50. The van der Waals surface area contributed by atoms with Crippen molar-refractivity contribution in [2.45, 2.75) is 18.2 Å². The molecule has 0 aromatic heterocycles. The number of hydrogen-bond acceptors (Lipinski definition) is 3. The summed E-state index contributed by atoms with van der Waals surface area (Å²) in [6.07, 6.45) is 0.879. The van der Waals surface area contributed by atoms with Crippen LogP contribution in [0, 0.1) is 0 Å². The Kier molecular flexibility index (Phi) is 4.75. The van der Waals surface area contributed by atoms with E-state index in [0.717, 1.165) is 22.8 Å². The Labute approximate surface area is 123 Å². The average molecular weight is 258 g/mol. The standard InChI is InChI=1S/C12H12O3S.Na/c1-2-9-3-4-10-5-6-12(16(13,14)15)8-11(10)7-9;/h3-8H,2H2,1H3,(H,13,14,15);/q;+1/p-1. The smallest absolute Gasteiger partial charge is 0.744 e. The predicted octanol–water partition coefficient (Wildman–Crippen LogP) is -0.690. The molecular formula is C12H11NaO3S. The van der Waals surface area contributed by atoms with Gasteiger partial charge in [0.15, 0.2) is 0 Å². The molecule has 0 unspecified atom stereocenters. The molecule has 84 valence electrons. The molecule has 0 atom stereocenters. The van der Waals surface area contributed by atoms with Crippen molar-refractivity contribution in [3.63, 3.8) is 0 Å². The van der Waals surface area contributed by atoms with Crippen LogP contribution < -0.4 is 29.6 Å². The summed E-state index contributed by atoms with van der Waals surface area (Å²) in [5.41, 5.74) is 1.12.